The summed E-state index contributed by atoms with van der Waals surface area (Å²) >= 11 is 0. The molecule has 0 bridgehead atoms. The van der Waals surface area contributed by atoms with Crippen LogP contribution in [0.5, 0.6) is 0 Å². The maximum atomic E-state index is 13.2. The van der Waals surface area contributed by atoms with Gasteiger partial charge in [-0.3, -0.25) is 9.52 Å². The first-order chi connectivity index (χ1) is 12.9. The average Bonchev–Trinajstić information content (AvgIpc) is 2.67. The van der Waals surface area contributed by atoms with E-state index in [1.54, 1.807) is 0 Å². The monoisotopic (exact) mass is 390 g/mol. The molecule has 0 saturated carbocycles. The van der Waals surface area contributed by atoms with Crippen molar-refractivity contribution in [2.75, 3.05) is 11.3 Å². The third-order valence-electron chi connectivity index (χ3n) is 4.85. The van der Waals surface area contributed by atoms with Crippen LogP contribution >= 0.6 is 0 Å². The Labute approximate surface area is 159 Å². The molecule has 1 N–H and O–H groups in total. The van der Waals surface area contributed by atoms with E-state index < -0.39 is 15.8 Å². The molecule has 1 aliphatic heterocycles. The summed E-state index contributed by atoms with van der Waals surface area (Å²) in [5.41, 5.74) is 0.620. The minimum absolute atomic E-state index is 0.0222. The first kappa shape index (κ1) is 19.4. The Morgan fingerprint density at radius 2 is 1.93 bits per heavy atom. The van der Waals surface area contributed by atoms with Gasteiger partial charge in [0.05, 0.1) is 10.6 Å². The number of piperidine rings is 1. The largest absolute Gasteiger partial charge is 0.336 e. The van der Waals surface area contributed by atoms with Crippen LogP contribution in [0, 0.1) is 5.82 Å². The molecule has 0 aromatic heterocycles. The second-order valence-electron chi connectivity index (χ2n) is 6.70. The molecule has 0 spiro atoms. The van der Waals surface area contributed by atoms with E-state index in [0.29, 0.717) is 5.56 Å². The average molecular weight is 390 g/mol. The molecule has 144 valence electrons. The van der Waals surface area contributed by atoms with Crippen LogP contribution in [0.2, 0.25) is 0 Å². The van der Waals surface area contributed by atoms with E-state index in [9.17, 15) is 17.6 Å². The number of nitrogens with one attached hydrogen (secondary N) is 1. The standard InChI is InChI=1S/C20H23FN2O3S/c1-2-18-8-3-4-13-23(18)20(24)15-9-11-19(12-10-15)27(25,26)22-17-7-5-6-16(21)14-17/h5-7,9-12,14,18,22H,2-4,8,13H2,1H3. The molecule has 2 aromatic carbocycles. The number of carbonyl (C=O) groups excluding carboxylic acids is 1. The lowest BCUT2D eigenvalue weighted by Crippen LogP contribution is -2.43. The lowest BCUT2D eigenvalue weighted by molar-refractivity contribution is 0.0608. The molecule has 1 unspecified atom stereocenters. The highest BCUT2D eigenvalue weighted by Crippen LogP contribution is 2.23. The number of benzene rings is 2. The Hall–Kier alpha value is -2.41. The highest BCUT2D eigenvalue weighted by atomic mass is 32.2. The maximum Gasteiger partial charge on any atom is 0.261 e. The Balaban J connectivity index is 1.77. The van der Waals surface area contributed by atoms with Crippen molar-refractivity contribution in [1.29, 1.82) is 0 Å². The van der Waals surface area contributed by atoms with E-state index >= 15 is 0 Å². The van der Waals surface area contributed by atoms with Gasteiger partial charge >= 0.3 is 0 Å². The second kappa shape index (κ2) is 8.08. The molecule has 27 heavy (non-hydrogen) atoms. The van der Waals surface area contributed by atoms with Crippen LogP contribution in [-0.4, -0.2) is 31.8 Å². The molecule has 1 fully saturated rings. The first-order valence-corrected chi connectivity index (χ1v) is 10.6. The smallest absolute Gasteiger partial charge is 0.261 e. The molecule has 0 aliphatic carbocycles. The zero-order valence-electron chi connectivity index (χ0n) is 15.2. The van der Waals surface area contributed by atoms with Gasteiger partial charge in [-0.2, -0.15) is 0 Å². The molecule has 1 heterocycles. The van der Waals surface area contributed by atoms with Crippen molar-refractivity contribution in [2.45, 2.75) is 43.5 Å². The van der Waals surface area contributed by atoms with E-state index in [2.05, 4.69) is 11.6 Å². The van der Waals surface area contributed by atoms with Crippen molar-refractivity contribution in [3.63, 3.8) is 0 Å². The summed E-state index contributed by atoms with van der Waals surface area (Å²) in [6, 6.07) is 11.4. The van der Waals surface area contributed by atoms with Crippen molar-refractivity contribution in [3.8, 4) is 0 Å². The summed E-state index contributed by atoms with van der Waals surface area (Å²) in [6.07, 6.45) is 4.04. The topological polar surface area (TPSA) is 66.5 Å². The number of amides is 1. The summed E-state index contributed by atoms with van der Waals surface area (Å²) in [6.45, 7) is 2.81. The van der Waals surface area contributed by atoms with Crippen molar-refractivity contribution in [3.05, 3.63) is 59.9 Å². The second-order valence-corrected chi connectivity index (χ2v) is 8.38. The number of nitrogens with zero attached hydrogens (tertiary/aromatic N) is 1. The van der Waals surface area contributed by atoms with Gasteiger partial charge in [-0.05, 0) is 68.1 Å². The predicted molar refractivity (Wildman–Crippen MR) is 103 cm³/mol. The van der Waals surface area contributed by atoms with Gasteiger partial charge < -0.3 is 4.90 Å². The number of hydrogen-bond acceptors (Lipinski definition) is 3. The van der Waals surface area contributed by atoms with E-state index in [-0.39, 0.29) is 22.5 Å². The third kappa shape index (κ3) is 4.47. The number of halogens is 1. The van der Waals surface area contributed by atoms with Crippen molar-refractivity contribution in [1.82, 2.24) is 4.90 Å². The van der Waals surface area contributed by atoms with Gasteiger partial charge in [0.25, 0.3) is 15.9 Å². The van der Waals surface area contributed by atoms with Crippen molar-refractivity contribution >= 4 is 21.6 Å². The fourth-order valence-electron chi connectivity index (χ4n) is 3.40. The molecular weight excluding hydrogens is 367 g/mol. The number of likely N-dealkylation sites (tertiary alicyclic amines) is 1. The lowest BCUT2D eigenvalue weighted by Gasteiger charge is -2.35. The molecule has 1 aliphatic rings. The van der Waals surface area contributed by atoms with Crippen LogP contribution in [0.4, 0.5) is 10.1 Å². The summed E-state index contributed by atoms with van der Waals surface area (Å²) < 4.78 is 40.5. The van der Waals surface area contributed by atoms with Crippen LogP contribution in [0.3, 0.4) is 0 Å². The van der Waals surface area contributed by atoms with Gasteiger partial charge in [-0.15, -0.1) is 0 Å². The highest BCUT2D eigenvalue weighted by molar-refractivity contribution is 7.92. The summed E-state index contributed by atoms with van der Waals surface area (Å²) in [7, 11) is -3.85. The zero-order chi connectivity index (χ0) is 19.4. The van der Waals surface area contributed by atoms with E-state index in [1.165, 1.54) is 42.5 Å². The minimum Gasteiger partial charge on any atom is -0.336 e. The first-order valence-electron chi connectivity index (χ1n) is 9.10. The van der Waals surface area contributed by atoms with E-state index in [4.69, 9.17) is 0 Å². The van der Waals surface area contributed by atoms with Gasteiger partial charge in [0.1, 0.15) is 5.82 Å². The van der Waals surface area contributed by atoms with Crippen molar-refractivity contribution in [2.24, 2.45) is 0 Å². The number of sulfonamides is 1. The van der Waals surface area contributed by atoms with Gasteiger partial charge in [0, 0.05) is 18.2 Å². The fraction of sp³-hybridized carbons (Fsp3) is 0.350. The van der Waals surface area contributed by atoms with Crippen LogP contribution in [-0.2, 0) is 10.0 Å². The molecule has 7 heteroatoms. The Morgan fingerprint density at radius 1 is 1.19 bits per heavy atom. The highest BCUT2D eigenvalue weighted by Gasteiger charge is 2.26. The van der Waals surface area contributed by atoms with Crippen molar-refractivity contribution < 1.29 is 17.6 Å². The molecule has 1 atom stereocenters. The quantitative estimate of drug-likeness (QED) is 0.838. The maximum absolute atomic E-state index is 13.2. The van der Waals surface area contributed by atoms with Gasteiger partial charge in [-0.1, -0.05) is 13.0 Å². The minimum atomic E-state index is -3.85. The predicted octanol–water partition coefficient (Wildman–Crippen LogP) is 4.03. The zero-order valence-corrected chi connectivity index (χ0v) is 16.0. The fourth-order valence-corrected chi connectivity index (χ4v) is 4.45. The molecule has 0 radical (unpaired) electrons. The van der Waals surface area contributed by atoms with Crippen LogP contribution in [0.1, 0.15) is 43.0 Å². The number of hydrogen-bond donors (Lipinski definition) is 1. The molecular formula is C20H23FN2O3S. The van der Waals surface area contributed by atoms with Crippen LogP contribution in [0.25, 0.3) is 0 Å². The van der Waals surface area contributed by atoms with Gasteiger partial charge in [0.2, 0.25) is 0 Å². The van der Waals surface area contributed by atoms with Crippen LogP contribution < -0.4 is 4.72 Å². The van der Waals surface area contributed by atoms with Gasteiger partial charge in [-0.25, -0.2) is 12.8 Å². The van der Waals surface area contributed by atoms with E-state index in [1.807, 2.05) is 4.90 Å². The number of rotatable bonds is 5. The van der Waals surface area contributed by atoms with Crippen LogP contribution in [0.15, 0.2) is 53.4 Å². The third-order valence-corrected chi connectivity index (χ3v) is 6.24. The summed E-state index contributed by atoms with van der Waals surface area (Å²) in [4.78, 5) is 14.7. The summed E-state index contributed by atoms with van der Waals surface area (Å²) in [5.74, 6) is -0.591. The summed E-state index contributed by atoms with van der Waals surface area (Å²) in [5, 5.41) is 0. The number of anilines is 1. The Bertz CT molecular complexity index is 913. The molecule has 3 rings (SSSR count). The SMILES string of the molecule is CCC1CCCCN1C(=O)c1ccc(S(=O)(=O)Nc2cccc(F)c2)cc1. The Morgan fingerprint density at radius 3 is 2.59 bits per heavy atom. The molecule has 1 saturated heterocycles. The number of carbonyl (C=O) groups is 1. The van der Waals surface area contributed by atoms with E-state index in [0.717, 1.165) is 38.3 Å². The Kier molecular flexibility index (Phi) is 5.79. The lowest BCUT2D eigenvalue weighted by atomic mass is 9.99. The normalized spacial score (nSPS) is 17.6. The molecule has 1 amide bonds. The molecule has 5 nitrogen and oxygen atoms in total. The van der Waals surface area contributed by atoms with Gasteiger partial charge in [0.15, 0.2) is 0 Å². The molecule has 2 aromatic rings.